The zero-order valence-corrected chi connectivity index (χ0v) is 11.6. The first-order chi connectivity index (χ1) is 9.72. The van der Waals surface area contributed by atoms with Gasteiger partial charge in [-0.15, -0.1) is 0 Å². The molecule has 3 unspecified atom stereocenters. The lowest BCUT2D eigenvalue weighted by Crippen LogP contribution is -2.49. The molecule has 0 radical (unpaired) electrons. The second kappa shape index (κ2) is 5.42. The molecule has 1 aromatic rings. The van der Waals surface area contributed by atoms with Gasteiger partial charge in [0.2, 0.25) is 0 Å². The van der Waals surface area contributed by atoms with Gasteiger partial charge in [-0.2, -0.15) is 0 Å². The summed E-state index contributed by atoms with van der Waals surface area (Å²) in [6, 6.07) is 8.19. The zero-order valence-electron chi connectivity index (χ0n) is 11.6. The average molecular weight is 276 g/mol. The van der Waals surface area contributed by atoms with Gasteiger partial charge in [0, 0.05) is 12.6 Å². The fourth-order valence-corrected chi connectivity index (χ4v) is 3.68. The van der Waals surface area contributed by atoms with E-state index in [2.05, 4.69) is 4.90 Å². The largest absolute Gasteiger partial charge is 0.497 e. The lowest BCUT2D eigenvalue weighted by Gasteiger charge is -2.33. The van der Waals surface area contributed by atoms with Gasteiger partial charge in [-0.05, 0) is 42.9 Å². The molecule has 1 saturated carbocycles. The number of carbonyl (C=O) groups is 1. The summed E-state index contributed by atoms with van der Waals surface area (Å²) in [4.78, 5) is 14.1. The van der Waals surface area contributed by atoms with Crippen molar-refractivity contribution in [1.29, 1.82) is 0 Å². The van der Waals surface area contributed by atoms with Crippen LogP contribution < -0.4 is 10.2 Å². The van der Waals surface area contributed by atoms with E-state index in [4.69, 9.17) is 9.94 Å². The Hall–Kier alpha value is -1.59. The summed E-state index contributed by atoms with van der Waals surface area (Å²) in [7, 11) is 1.65. The number of fused-ring (bicyclic) bond motifs is 2. The molecular formula is C15H20N2O3. The van der Waals surface area contributed by atoms with Crippen molar-refractivity contribution >= 4 is 5.91 Å². The van der Waals surface area contributed by atoms with Crippen LogP contribution in [-0.2, 0) is 11.3 Å². The normalized spacial score (nSPS) is 28.6. The monoisotopic (exact) mass is 276 g/mol. The number of methoxy groups -OCH3 is 1. The zero-order chi connectivity index (χ0) is 14.1. The van der Waals surface area contributed by atoms with Crippen LogP contribution in [0, 0.1) is 5.92 Å². The minimum atomic E-state index is -0.272. The van der Waals surface area contributed by atoms with E-state index in [1.54, 1.807) is 7.11 Å². The molecule has 1 aliphatic heterocycles. The third-order valence-electron chi connectivity index (χ3n) is 4.62. The summed E-state index contributed by atoms with van der Waals surface area (Å²) in [5.41, 5.74) is 2.99. The molecule has 5 nitrogen and oxygen atoms in total. The van der Waals surface area contributed by atoms with Gasteiger partial charge < -0.3 is 4.74 Å². The van der Waals surface area contributed by atoms with Gasteiger partial charge in [-0.25, -0.2) is 5.48 Å². The molecule has 5 heteroatoms. The SMILES string of the molecule is COc1ccc(CN2C3CCC(C3)C2C(=O)NO)cc1. The molecule has 108 valence electrons. The van der Waals surface area contributed by atoms with Gasteiger partial charge in [0.05, 0.1) is 13.2 Å². The Morgan fingerprint density at radius 3 is 2.80 bits per heavy atom. The van der Waals surface area contributed by atoms with Crippen LogP contribution in [0.1, 0.15) is 24.8 Å². The molecule has 1 amide bonds. The van der Waals surface area contributed by atoms with Crippen LogP contribution in [0.3, 0.4) is 0 Å². The number of likely N-dealkylation sites (tertiary alicyclic amines) is 1. The van der Waals surface area contributed by atoms with Gasteiger partial charge in [0.1, 0.15) is 5.75 Å². The average Bonchev–Trinajstić information content (AvgIpc) is 3.08. The predicted octanol–water partition coefficient (Wildman–Crippen LogP) is 1.55. The smallest absolute Gasteiger partial charge is 0.260 e. The number of piperidine rings is 1. The first-order valence-corrected chi connectivity index (χ1v) is 7.05. The standard InChI is InChI=1S/C15H20N2O3/c1-20-13-6-2-10(3-7-13)9-17-12-5-4-11(8-12)14(17)15(18)16-19/h2-3,6-7,11-12,14,19H,4-5,8-9H2,1H3,(H,16,18). The number of ether oxygens (including phenoxy) is 1. The number of hydrogen-bond donors (Lipinski definition) is 2. The maximum absolute atomic E-state index is 11.9. The van der Waals surface area contributed by atoms with Crippen molar-refractivity contribution in [3.63, 3.8) is 0 Å². The Bertz CT molecular complexity index is 488. The molecule has 1 saturated heterocycles. The Labute approximate surface area is 118 Å². The van der Waals surface area contributed by atoms with E-state index >= 15 is 0 Å². The fourth-order valence-electron chi connectivity index (χ4n) is 3.68. The molecular weight excluding hydrogens is 256 g/mol. The van der Waals surface area contributed by atoms with E-state index < -0.39 is 0 Å². The second-order valence-electron chi connectivity index (χ2n) is 5.67. The third-order valence-corrected chi connectivity index (χ3v) is 4.62. The van der Waals surface area contributed by atoms with E-state index in [1.165, 1.54) is 0 Å². The van der Waals surface area contributed by atoms with E-state index in [-0.39, 0.29) is 11.9 Å². The van der Waals surface area contributed by atoms with Gasteiger partial charge in [0.25, 0.3) is 5.91 Å². The summed E-state index contributed by atoms with van der Waals surface area (Å²) in [6.07, 6.45) is 3.30. The number of nitrogens with one attached hydrogen (secondary N) is 1. The highest BCUT2D eigenvalue weighted by Gasteiger charge is 2.48. The Kier molecular flexibility index (Phi) is 3.63. The van der Waals surface area contributed by atoms with Crippen molar-refractivity contribution in [1.82, 2.24) is 10.4 Å². The molecule has 2 bridgehead atoms. The van der Waals surface area contributed by atoms with Crippen LogP contribution in [0.2, 0.25) is 0 Å². The van der Waals surface area contributed by atoms with Crippen molar-refractivity contribution in [2.24, 2.45) is 5.92 Å². The molecule has 0 aromatic heterocycles. The Morgan fingerprint density at radius 1 is 1.40 bits per heavy atom. The number of rotatable bonds is 4. The molecule has 20 heavy (non-hydrogen) atoms. The van der Waals surface area contributed by atoms with Gasteiger partial charge >= 0.3 is 0 Å². The van der Waals surface area contributed by atoms with Gasteiger partial charge in [-0.3, -0.25) is 14.9 Å². The molecule has 1 heterocycles. The van der Waals surface area contributed by atoms with Crippen LogP contribution in [0.15, 0.2) is 24.3 Å². The first-order valence-electron chi connectivity index (χ1n) is 7.05. The molecule has 3 rings (SSSR count). The highest BCUT2D eigenvalue weighted by atomic mass is 16.5. The molecule has 2 fully saturated rings. The van der Waals surface area contributed by atoms with E-state index in [0.717, 1.165) is 37.1 Å². The Balaban J connectivity index is 1.75. The van der Waals surface area contributed by atoms with Gasteiger partial charge in [-0.1, -0.05) is 12.1 Å². The number of nitrogens with zero attached hydrogens (tertiary/aromatic N) is 1. The van der Waals surface area contributed by atoms with E-state index in [0.29, 0.717) is 12.0 Å². The highest BCUT2D eigenvalue weighted by Crippen LogP contribution is 2.43. The molecule has 2 N–H and O–H groups in total. The van der Waals surface area contributed by atoms with E-state index in [9.17, 15) is 4.79 Å². The van der Waals surface area contributed by atoms with Crippen molar-refractivity contribution < 1.29 is 14.7 Å². The summed E-state index contributed by atoms with van der Waals surface area (Å²) in [5, 5.41) is 8.93. The maximum Gasteiger partial charge on any atom is 0.260 e. The summed E-state index contributed by atoms with van der Waals surface area (Å²) >= 11 is 0. The molecule has 1 aromatic carbocycles. The minimum absolute atomic E-state index is 0.194. The van der Waals surface area contributed by atoms with Gasteiger partial charge in [0.15, 0.2) is 0 Å². The lowest BCUT2D eigenvalue weighted by atomic mass is 9.97. The number of amides is 1. The predicted molar refractivity (Wildman–Crippen MR) is 73.4 cm³/mol. The van der Waals surface area contributed by atoms with Crippen molar-refractivity contribution in [3.05, 3.63) is 29.8 Å². The lowest BCUT2D eigenvalue weighted by molar-refractivity contribution is -0.136. The summed E-state index contributed by atoms with van der Waals surface area (Å²) in [5.74, 6) is 0.942. The fraction of sp³-hybridized carbons (Fsp3) is 0.533. The van der Waals surface area contributed by atoms with Crippen LogP contribution in [0.25, 0.3) is 0 Å². The maximum atomic E-state index is 11.9. The van der Waals surface area contributed by atoms with Crippen LogP contribution in [0.4, 0.5) is 0 Å². The molecule has 2 aliphatic rings. The molecule has 3 atom stereocenters. The van der Waals surface area contributed by atoms with E-state index in [1.807, 2.05) is 29.7 Å². The summed E-state index contributed by atoms with van der Waals surface area (Å²) in [6.45, 7) is 0.739. The topological polar surface area (TPSA) is 61.8 Å². The van der Waals surface area contributed by atoms with Crippen molar-refractivity contribution in [2.45, 2.75) is 37.9 Å². The number of carbonyl (C=O) groups excluding carboxylic acids is 1. The van der Waals surface area contributed by atoms with Crippen LogP contribution in [-0.4, -0.2) is 35.2 Å². The third kappa shape index (κ3) is 2.27. The van der Waals surface area contributed by atoms with Crippen molar-refractivity contribution in [3.8, 4) is 5.75 Å². The highest BCUT2D eigenvalue weighted by molar-refractivity contribution is 5.81. The van der Waals surface area contributed by atoms with Crippen LogP contribution >= 0.6 is 0 Å². The second-order valence-corrected chi connectivity index (χ2v) is 5.67. The molecule has 1 aliphatic carbocycles. The minimum Gasteiger partial charge on any atom is -0.497 e. The number of benzene rings is 1. The first kappa shape index (κ1) is 13.4. The number of hydroxylamine groups is 1. The van der Waals surface area contributed by atoms with Crippen LogP contribution in [0.5, 0.6) is 5.75 Å². The van der Waals surface area contributed by atoms with Crippen molar-refractivity contribution in [2.75, 3.05) is 7.11 Å². The molecule has 0 spiro atoms. The Morgan fingerprint density at radius 2 is 2.15 bits per heavy atom. The quantitative estimate of drug-likeness (QED) is 0.647. The number of hydrogen-bond acceptors (Lipinski definition) is 4. The summed E-state index contributed by atoms with van der Waals surface area (Å²) < 4.78 is 5.15.